The largest absolute Gasteiger partial charge is 0.384 e. The number of amides is 1. The topological polar surface area (TPSA) is 32.3 Å². The zero-order chi connectivity index (χ0) is 14.1. The highest BCUT2D eigenvalue weighted by Gasteiger charge is 2.17. The minimum atomic E-state index is -0.347. The van der Waals surface area contributed by atoms with Gasteiger partial charge in [0, 0.05) is 30.5 Å². The van der Waals surface area contributed by atoms with Gasteiger partial charge in [-0.25, -0.2) is 4.39 Å². The van der Waals surface area contributed by atoms with Crippen LogP contribution in [0.1, 0.15) is 15.9 Å². The van der Waals surface area contributed by atoms with Crippen molar-refractivity contribution in [2.75, 3.05) is 23.8 Å². The number of nitrogens with one attached hydrogen (secondary N) is 1. The summed E-state index contributed by atoms with van der Waals surface area (Å²) in [6.07, 6.45) is 0.931. The molecule has 0 fully saturated rings. The Bertz CT molecular complexity index is 669. The second kappa shape index (κ2) is 4.96. The Labute approximate surface area is 117 Å². The van der Waals surface area contributed by atoms with Gasteiger partial charge in [-0.05, 0) is 48.4 Å². The normalized spacial score (nSPS) is 12.7. The maximum atomic E-state index is 13.2. The maximum Gasteiger partial charge on any atom is 0.258 e. The summed E-state index contributed by atoms with van der Waals surface area (Å²) in [5.41, 5.74) is 3.42. The number of hydrogen-bond acceptors (Lipinski definition) is 2. The predicted molar refractivity (Wildman–Crippen MR) is 77.8 cm³/mol. The number of fused-ring (bicyclic) bond motifs is 1. The molecule has 0 bridgehead atoms. The monoisotopic (exact) mass is 270 g/mol. The molecule has 3 rings (SSSR count). The number of carbonyl (C=O) groups excluding carboxylic acids is 1. The molecule has 0 saturated heterocycles. The van der Waals surface area contributed by atoms with E-state index in [1.54, 1.807) is 25.2 Å². The number of hydrogen-bond donors (Lipinski definition) is 1. The first-order valence-corrected chi connectivity index (χ1v) is 6.55. The first-order valence-electron chi connectivity index (χ1n) is 6.55. The zero-order valence-corrected chi connectivity index (χ0v) is 11.2. The predicted octanol–water partition coefficient (Wildman–Crippen LogP) is 3.07. The highest BCUT2D eigenvalue weighted by molar-refractivity contribution is 6.06. The van der Waals surface area contributed by atoms with Gasteiger partial charge >= 0.3 is 0 Å². The van der Waals surface area contributed by atoms with Gasteiger partial charge in [0.15, 0.2) is 0 Å². The molecule has 102 valence electrons. The average molecular weight is 270 g/mol. The van der Waals surface area contributed by atoms with Gasteiger partial charge in [-0.3, -0.25) is 4.79 Å². The molecule has 0 radical (unpaired) electrons. The van der Waals surface area contributed by atoms with Crippen molar-refractivity contribution in [2.24, 2.45) is 0 Å². The SMILES string of the molecule is CN(C(=O)c1ccc2c(c1)CCN2)c1cccc(F)c1. The quantitative estimate of drug-likeness (QED) is 0.909. The summed E-state index contributed by atoms with van der Waals surface area (Å²) < 4.78 is 13.2. The molecule has 0 spiro atoms. The lowest BCUT2D eigenvalue weighted by Crippen LogP contribution is -2.26. The first-order chi connectivity index (χ1) is 9.65. The first kappa shape index (κ1) is 12.7. The average Bonchev–Trinajstić information content (AvgIpc) is 2.93. The van der Waals surface area contributed by atoms with Gasteiger partial charge in [0.05, 0.1) is 0 Å². The molecule has 0 atom stereocenters. The smallest absolute Gasteiger partial charge is 0.258 e. The summed E-state index contributed by atoms with van der Waals surface area (Å²) in [4.78, 5) is 13.9. The van der Waals surface area contributed by atoms with E-state index in [0.29, 0.717) is 11.3 Å². The maximum absolute atomic E-state index is 13.2. The minimum Gasteiger partial charge on any atom is -0.384 e. The molecule has 1 aliphatic rings. The molecule has 0 unspecified atom stereocenters. The zero-order valence-electron chi connectivity index (χ0n) is 11.2. The standard InChI is InChI=1S/C16H15FN2O/c1-19(14-4-2-3-13(17)10-14)16(20)12-5-6-15-11(9-12)7-8-18-15/h2-6,9-10,18H,7-8H2,1H3. The second-order valence-electron chi connectivity index (χ2n) is 4.89. The third-order valence-electron chi connectivity index (χ3n) is 3.56. The number of nitrogens with zero attached hydrogens (tertiary/aromatic N) is 1. The molecule has 4 heteroatoms. The van der Waals surface area contributed by atoms with Gasteiger partial charge in [-0.1, -0.05) is 6.07 Å². The summed E-state index contributed by atoms with van der Waals surface area (Å²) >= 11 is 0. The van der Waals surface area contributed by atoms with Crippen LogP contribution >= 0.6 is 0 Å². The van der Waals surface area contributed by atoms with Crippen LogP contribution in [0.25, 0.3) is 0 Å². The van der Waals surface area contributed by atoms with Gasteiger partial charge in [0.25, 0.3) is 5.91 Å². The lowest BCUT2D eigenvalue weighted by Gasteiger charge is -2.18. The fourth-order valence-corrected chi connectivity index (χ4v) is 2.43. The van der Waals surface area contributed by atoms with Crippen molar-refractivity contribution in [3.05, 3.63) is 59.4 Å². The van der Waals surface area contributed by atoms with Crippen molar-refractivity contribution in [1.82, 2.24) is 0 Å². The van der Waals surface area contributed by atoms with Gasteiger partial charge in [-0.2, -0.15) is 0 Å². The van der Waals surface area contributed by atoms with Crippen molar-refractivity contribution in [3.8, 4) is 0 Å². The lowest BCUT2D eigenvalue weighted by molar-refractivity contribution is 0.0993. The van der Waals surface area contributed by atoms with Crippen LogP contribution in [0.4, 0.5) is 15.8 Å². The van der Waals surface area contributed by atoms with E-state index in [1.165, 1.54) is 17.0 Å². The van der Waals surface area contributed by atoms with Gasteiger partial charge < -0.3 is 10.2 Å². The highest BCUT2D eigenvalue weighted by Crippen LogP contribution is 2.24. The Morgan fingerprint density at radius 2 is 2.10 bits per heavy atom. The number of benzene rings is 2. The van der Waals surface area contributed by atoms with Crippen LogP contribution < -0.4 is 10.2 Å². The number of halogens is 1. The van der Waals surface area contributed by atoms with Crippen LogP contribution in [0.2, 0.25) is 0 Å². The summed E-state index contributed by atoms with van der Waals surface area (Å²) in [6.45, 7) is 0.909. The summed E-state index contributed by atoms with van der Waals surface area (Å²) in [7, 11) is 1.66. The van der Waals surface area contributed by atoms with Crippen molar-refractivity contribution < 1.29 is 9.18 Å². The third-order valence-corrected chi connectivity index (χ3v) is 3.56. The van der Waals surface area contributed by atoms with E-state index < -0.39 is 0 Å². The second-order valence-corrected chi connectivity index (χ2v) is 4.89. The summed E-state index contributed by atoms with van der Waals surface area (Å²) in [6, 6.07) is 11.7. The molecule has 0 aromatic heterocycles. The Morgan fingerprint density at radius 3 is 2.90 bits per heavy atom. The van der Waals surface area contributed by atoms with E-state index in [-0.39, 0.29) is 11.7 Å². The van der Waals surface area contributed by atoms with Crippen molar-refractivity contribution in [2.45, 2.75) is 6.42 Å². The fraction of sp³-hybridized carbons (Fsp3) is 0.188. The Hall–Kier alpha value is -2.36. The Morgan fingerprint density at radius 1 is 1.25 bits per heavy atom. The number of anilines is 2. The van der Waals surface area contributed by atoms with Crippen LogP contribution in [0.15, 0.2) is 42.5 Å². The van der Waals surface area contributed by atoms with Crippen LogP contribution in [-0.2, 0) is 6.42 Å². The van der Waals surface area contributed by atoms with Crippen LogP contribution in [-0.4, -0.2) is 19.5 Å². The van der Waals surface area contributed by atoms with Crippen LogP contribution in [0, 0.1) is 5.82 Å². The van der Waals surface area contributed by atoms with Crippen molar-refractivity contribution >= 4 is 17.3 Å². The van der Waals surface area contributed by atoms with E-state index >= 15 is 0 Å². The van der Waals surface area contributed by atoms with Gasteiger partial charge in [-0.15, -0.1) is 0 Å². The number of carbonyl (C=O) groups is 1. The fourth-order valence-electron chi connectivity index (χ4n) is 2.43. The molecule has 0 saturated carbocycles. The molecule has 3 nitrogen and oxygen atoms in total. The van der Waals surface area contributed by atoms with Crippen LogP contribution in [0.3, 0.4) is 0 Å². The molecule has 20 heavy (non-hydrogen) atoms. The molecule has 1 amide bonds. The molecule has 0 aliphatic carbocycles. The van der Waals surface area contributed by atoms with E-state index in [4.69, 9.17) is 0 Å². The molecular weight excluding hydrogens is 255 g/mol. The van der Waals surface area contributed by atoms with E-state index in [1.807, 2.05) is 12.1 Å². The van der Waals surface area contributed by atoms with E-state index in [0.717, 1.165) is 24.2 Å². The molecular formula is C16H15FN2O. The summed E-state index contributed by atoms with van der Waals surface area (Å²) in [5, 5.41) is 3.26. The molecule has 1 heterocycles. The Balaban J connectivity index is 1.88. The number of rotatable bonds is 2. The van der Waals surface area contributed by atoms with Gasteiger partial charge in [0.1, 0.15) is 5.82 Å². The highest BCUT2D eigenvalue weighted by atomic mass is 19.1. The minimum absolute atomic E-state index is 0.134. The molecule has 1 aliphatic heterocycles. The third kappa shape index (κ3) is 2.25. The van der Waals surface area contributed by atoms with Gasteiger partial charge in [0.2, 0.25) is 0 Å². The van der Waals surface area contributed by atoms with E-state index in [9.17, 15) is 9.18 Å². The van der Waals surface area contributed by atoms with Crippen LogP contribution in [0.5, 0.6) is 0 Å². The summed E-state index contributed by atoms with van der Waals surface area (Å²) in [5.74, 6) is -0.481. The van der Waals surface area contributed by atoms with Crippen molar-refractivity contribution in [1.29, 1.82) is 0 Å². The molecule has 1 N–H and O–H groups in total. The molecule has 2 aromatic carbocycles. The van der Waals surface area contributed by atoms with E-state index in [2.05, 4.69) is 5.32 Å². The Kier molecular flexibility index (Phi) is 3.14. The van der Waals surface area contributed by atoms with Crippen molar-refractivity contribution in [3.63, 3.8) is 0 Å². The lowest BCUT2D eigenvalue weighted by atomic mass is 10.1. The molecule has 2 aromatic rings.